The minimum atomic E-state index is -0.408. The molecule has 0 aliphatic carbocycles. The fourth-order valence-corrected chi connectivity index (χ4v) is 1.94. The van der Waals surface area contributed by atoms with Gasteiger partial charge in [0.25, 0.3) is 5.91 Å². The molecule has 0 saturated heterocycles. The average molecular weight is 330 g/mol. The molecule has 2 aromatic rings. The van der Waals surface area contributed by atoms with Crippen molar-refractivity contribution in [3.8, 4) is 23.0 Å². The number of hydrogen-bond acceptors (Lipinski definition) is 6. The molecule has 0 aliphatic rings. The van der Waals surface area contributed by atoms with E-state index in [0.29, 0.717) is 28.4 Å². The maximum Gasteiger partial charge on any atom is 0.271 e. The Bertz CT molecular complexity index is 736. The molecule has 2 N–H and O–H groups in total. The SMILES string of the molecule is COc1cc(OC)cc(C(=O)N/N=C\c2ccc(O)c(OC)c2)c1. The number of aromatic hydroxyl groups is 1. The molecule has 0 bridgehead atoms. The summed E-state index contributed by atoms with van der Waals surface area (Å²) in [6.45, 7) is 0. The summed E-state index contributed by atoms with van der Waals surface area (Å²) in [7, 11) is 4.47. The van der Waals surface area contributed by atoms with Gasteiger partial charge < -0.3 is 19.3 Å². The second-order valence-electron chi connectivity index (χ2n) is 4.73. The lowest BCUT2D eigenvalue weighted by Crippen LogP contribution is -2.17. The number of carbonyl (C=O) groups excluding carboxylic acids is 1. The first-order chi connectivity index (χ1) is 11.6. The van der Waals surface area contributed by atoms with Gasteiger partial charge in [-0.3, -0.25) is 4.79 Å². The van der Waals surface area contributed by atoms with Crippen LogP contribution in [0.25, 0.3) is 0 Å². The van der Waals surface area contributed by atoms with Gasteiger partial charge in [-0.15, -0.1) is 0 Å². The van der Waals surface area contributed by atoms with Gasteiger partial charge in [0.15, 0.2) is 11.5 Å². The van der Waals surface area contributed by atoms with Crippen LogP contribution in [0.15, 0.2) is 41.5 Å². The van der Waals surface area contributed by atoms with Gasteiger partial charge in [-0.25, -0.2) is 5.43 Å². The fraction of sp³-hybridized carbons (Fsp3) is 0.176. The van der Waals surface area contributed by atoms with Gasteiger partial charge in [0, 0.05) is 11.6 Å². The number of benzene rings is 2. The van der Waals surface area contributed by atoms with Crippen LogP contribution in [0.5, 0.6) is 23.0 Å². The second kappa shape index (κ2) is 7.87. The molecule has 7 heteroatoms. The first-order valence-corrected chi connectivity index (χ1v) is 7.01. The molecule has 0 aliphatic heterocycles. The van der Waals surface area contributed by atoms with Crippen molar-refractivity contribution in [1.82, 2.24) is 5.43 Å². The van der Waals surface area contributed by atoms with Crippen molar-refractivity contribution >= 4 is 12.1 Å². The maximum atomic E-state index is 12.1. The average Bonchev–Trinajstić information content (AvgIpc) is 2.62. The third kappa shape index (κ3) is 4.16. The highest BCUT2D eigenvalue weighted by Crippen LogP contribution is 2.25. The van der Waals surface area contributed by atoms with Crippen molar-refractivity contribution in [2.45, 2.75) is 0 Å². The second-order valence-corrected chi connectivity index (χ2v) is 4.73. The lowest BCUT2D eigenvalue weighted by atomic mass is 10.2. The third-order valence-corrected chi connectivity index (χ3v) is 3.20. The molecule has 0 heterocycles. The summed E-state index contributed by atoms with van der Waals surface area (Å²) in [6.07, 6.45) is 1.44. The smallest absolute Gasteiger partial charge is 0.271 e. The van der Waals surface area contributed by atoms with Crippen molar-refractivity contribution in [3.63, 3.8) is 0 Å². The number of carbonyl (C=O) groups is 1. The highest BCUT2D eigenvalue weighted by molar-refractivity contribution is 5.95. The predicted molar refractivity (Wildman–Crippen MR) is 89.3 cm³/mol. The standard InChI is InChI=1S/C17H18N2O5/c1-22-13-7-12(8-14(9-13)23-2)17(21)19-18-10-11-4-5-15(20)16(6-11)24-3/h4-10,20H,1-3H3,(H,19,21)/b18-10-. The Morgan fingerprint density at radius 1 is 1.04 bits per heavy atom. The normalized spacial score (nSPS) is 10.5. The Labute approximate surface area is 139 Å². The van der Waals surface area contributed by atoms with Crippen LogP contribution < -0.4 is 19.6 Å². The van der Waals surface area contributed by atoms with Crippen LogP contribution in [0, 0.1) is 0 Å². The van der Waals surface area contributed by atoms with Crippen LogP contribution in [-0.4, -0.2) is 38.6 Å². The number of nitrogens with zero attached hydrogens (tertiary/aromatic N) is 1. The van der Waals surface area contributed by atoms with Gasteiger partial charge in [-0.1, -0.05) is 0 Å². The quantitative estimate of drug-likeness (QED) is 0.626. The molecule has 7 nitrogen and oxygen atoms in total. The van der Waals surface area contributed by atoms with E-state index in [1.807, 2.05) is 0 Å². The molecule has 0 unspecified atom stereocenters. The number of methoxy groups -OCH3 is 3. The molecule has 0 aromatic heterocycles. The summed E-state index contributed by atoms with van der Waals surface area (Å²) in [5, 5.41) is 13.4. The van der Waals surface area contributed by atoms with Gasteiger partial charge in [0.2, 0.25) is 0 Å². The number of phenols is 1. The lowest BCUT2D eigenvalue weighted by molar-refractivity contribution is 0.0954. The number of amides is 1. The summed E-state index contributed by atoms with van der Waals surface area (Å²) in [6, 6.07) is 9.55. The lowest BCUT2D eigenvalue weighted by Gasteiger charge is -2.07. The van der Waals surface area contributed by atoms with Gasteiger partial charge in [0.05, 0.1) is 27.5 Å². The van der Waals surface area contributed by atoms with Gasteiger partial charge >= 0.3 is 0 Å². The summed E-state index contributed by atoms with van der Waals surface area (Å²) in [5.74, 6) is 0.956. The summed E-state index contributed by atoms with van der Waals surface area (Å²) >= 11 is 0. The number of ether oxygens (including phenoxy) is 3. The molecule has 0 atom stereocenters. The van der Waals surface area contributed by atoms with E-state index in [-0.39, 0.29) is 5.75 Å². The molecule has 0 radical (unpaired) electrons. The Hall–Kier alpha value is -3.22. The molecular formula is C17H18N2O5. The molecule has 2 rings (SSSR count). The van der Waals surface area contributed by atoms with E-state index in [1.165, 1.54) is 33.6 Å². The van der Waals surface area contributed by atoms with Crippen LogP contribution >= 0.6 is 0 Å². The Morgan fingerprint density at radius 3 is 2.29 bits per heavy atom. The van der Waals surface area contributed by atoms with Crippen molar-refractivity contribution in [1.29, 1.82) is 0 Å². The van der Waals surface area contributed by atoms with Crippen molar-refractivity contribution in [3.05, 3.63) is 47.5 Å². The number of nitrogens with one attached hydrogen (secondary N) is 1. The summed E-state index contributed by atoms with van der Waals surface area (Å²) < 4.78 is 15.3. The Balaban J connectivity index is 2.10. The monoisotopic (exact) mass is 330 g/mol. The van der Waals surface area contributed by atoms with Crippen LogP contribution in [0.1, 0.15) is 15.9 Å². The topological polar surface area (TPSA) is 89.4 Å². The van der Waals surface area contributed by atoms with Gasteiger partial charge in [0.1, 0.15) is 11.5 Å². The zero-order valence-electron chi connectivity index (χ0n) is 13.6. The molecule has 0 fully saturated rings. The number of phenolic OH excluding ortho intramolecular Hbond substituents is 1. The highest BCUT2D eigenvalue weighted by Gasteiger charge is 2.09. The van der Waals surface area contributed by atoms with Crippen molar-refractivity contribution < 1.29 is 24.1 Å². The first-order valence-electron chi connectivity index (χ1n) is 7.01. The van der Waals surface area contributed by atoms with Gasteiger partial charge in [-0.2, -0.15) is 5.10 Å². The highest BCUT2D eigenvalue weighted by atomic mass is 16.5. The van der Waals surface area contributed by atoms with Crippen molar-refractivity contribution in [2.24, 2.45) is 5.10 Å². The third-order valence-electron chi connectivity index (χ3n) is 3.20. The summed E-state index contributed by atoms with van der Waals surface area (Å²) in [4.78, 5) is 12.1. The Kier molecular flexibility index (Phi) is 5.62. The predicted octanol–water partition coefficient (Wildman–Crippen LogP) is 2.18. The van der Waals surface area contributed by atoms with E-state index in [0.717, 1.165) is 0 Å². The van der Waals surface area contributed by atoms with Crippen LogP contribution in [0.4, 0.5) is 0 Å². The van der Waals surface area contributed by atoms with Crippen LogP contribution in [0.2, 0.25) is 0 Å². The molecule has 0 saturated carbocycles. The molecule has 1 amide bonds. The number of hydrogen-bond donors (Lipinski definition) is 2. The molecule has 126 valence electrons. The van der Waals surface area contributed by atoms with E-state index in [4.69, 9.17) is 14.2 Å². The van der Waals surface area contributed by atoms with Crippen LogP contribution in [0.3, 0.4) is 0 Å². The Morgan fingerprint density at radius 2 is 1.71 bits per heavy atom. The number of hydrazone groups is 1. The van der Waals surface area contributed by atoms with E-state index < -0.39 is 5.91 Å². The zero-order chi connectivity index (χ0) is 17.5. The summed E-state index contributed by atoms with van der Waals surface area (Å²) in [5.41, 5.74) is 3.43. The van der Waals surface area contributed by atoms with E-state index >= 15 is 0 Å². The molecular weight excluding hydrogens is 312 g/mol. The zero-order valence-corrected chi connectivity index (χ0v) is 13.6. The number of rotatable bonds is 6. The largest absolute Gasteiger partial charge is 0.504 e. The fourth-order valence-electron chi connectivity index (χ4n) is 1.94. The maximum absolute atomic E-state index is 12.1. The van der Waals surface area contributed by atoms with E-state index in [1.54, 1.807) is 30.3 Å². The molecule has 0 spiro atoms. The first kappa shape index (κ1) is 17.1. The van der Waals surface area contributed by atoms with E-state index in [2.05, 4.69) is 10.5 Å². The minimum absolute atomic E-state index is 0.0298. The van der Waals surface area contributed by atoms with E-state index in [9.17, 15) is 9.90 Å². The molecule has 24 heavy (non-hydrogen) atoms. The van der Waals surface area contributed by atoms with Gasteiger partial charge in [-0.05, 0) is 35.9 Å². The minimum Gasteiger partial charge on any atom is -0.504 e. The van der Waals surface area contributed by atoms with Crippen molar-refractivity contribution in [2.75, 3.05) is 21.3 Å². The van der Waals surface area contributed by atoms with Crippen LogP contribution in [-0.2, 0) is 0 Å². The molecule has 2 aromatic carbocycles.